The minimum Gasteiger partial charge on any atom is -0.499 e. The average Bonchev–Trinajstić information content (AvgIpc) is 1.80. The first kappa shape index (κ1) is 8.34. The summed E-state index contributed by atoms with van der Waals surface area (Å²) in [5.74, 6) is 0.603. The van der Waals surface area contributed by atoms with Gasteiger partial charge in [0.15, 0.2) is 0 Å². The normalized spacial score (nSPS) is 10.7. The number of nitrogens with one attached hydrogen (secondary N) is 1. The van der Waals surface area contributed by atoms with Gasteiger partial charge in [-0.1, -0.05) is 13.8 Å². The van der Waals surface area contributed by atoms with E-state index in [4.69, 9.17) is 4.74 Å². The van der Waals surface area contributed by atoms with Crippen LogP contribution in [0, 0.1) is 5.92 Å². The second-order valence-electron chi connectivity index (χ2n) is 2.32. The second kappa shape index (κ2) is 5.48. The van der Waals surface area contributed by atoms with Crippen LogP contribution in [-0.2, 0) is 4.74 Å². The fourth-order valence-corrected chi connectivity index (χ4v) is 0.364. The summed E-state index contributed by atoms with van der Waals surface area (Å²) in [4.78, 5) is 0. The predicted molar refractivity (Wildman–Crippen MR) is 39.0 cm³/mol. The molecular formula is C7H15NO. The van der Waals surface area contributed by atoms with Crippen LogP contribution >= 0.6 is 0 Å². The summed E-state index contributed by atoms with van der Waals surface area (Å²) < 4.78 is 5.09. The molecule has 0 aliphatic carbocycles. The van der Waals surface area contributed by atoms with Crippen molar-refractivity contribution >= 4 is 0 Å². The first-order chi connectivity index (χ1) is 4.27. The minimum atomic E-state index is 0.603. The summed E-state index contributed by atoms with van der Waals surface area (Å²) in [5, 5.41) is 2.84. The van der Waals surface area contributed by atoms with Gasteiger partial charge < -0.3 is 10.1 Å². The third-order valence-electron chi connectivity index (χ3n) is 0.760. The fraction of sp³-hybridized carbons (Fsp3) is 0.714. The maximum absolute atomic E-state index is 5.09. The Morgan fingerprint density at radius 3 is 2.67 bits per heavy atom. The van der Waals surface area contributed by atoms with Crippen molar-refractivity contribution in [2.24, 2.45) is 5.92 Å². The number of hydrogen-bond acceptors (Lipinski definition) is 2. The Hall–Kier alpha value is -0.660. The summed E-state index contributed by atoms with van der Waals surface area (Å²) >= 11 is 0. The smallest absolute Gasteiger partial charge is 0.0985 e. The molecule has 0 heterocycles. The number of rotatable bonds is 4. The molecule has 0 fully saturated rings. The third-order valence-corrected chi connectivity index (χ3v) is 0.760. The van der Waals surface area contributed by atoms with Crippen molar-refractivity contribution in [1.82, 2.24) is 5.32 Å². The Bertz CT molecular complexity index is 79.0. The van der Waals surface area contributed by atoms with Crippen molar-refractivity contribution in [2.75, 3.05) is 13.7 Å². The van der Waals surface area contributed by atoms with Gasteiger partial charge in [-0.2, -0.15) is 0 Å². The second-order valence-corrected chi connectivity index (χ2v) is 2.32. The molecule has 0 radical (unpaired) electrons. The average molecular weight is 129 g/mol. The Morgan fingerprint density at radius 2 is 2.22 bits per heavy atom. The Morgan fingerprint density at radius 1 is 1.56 bits per heavy atom. The van der Waals surface area contributed by atoms with Crippen LogP contribution in [0.2, 0.25) is 0 Å². The van der Waals surface area contributed by atoms with E-state index in [1.54, 1.807) is 12.5 Å². The molecule has 0 saturated heterocycles. The lowest BCUT2D eigenvalue weighted by molar-refractivity contribution is 0.210. The van der Waals surface area contributed by atoms with Crippen LogP contribution in [0.15, 0.2) is 12.5 Å². The van der Waals surface area contributed by atoms with Crippen LogP contribution in [0.25, 0.3) is 0 Å². The van der Waals surface area contributed by atoms with Gasteiger partial charge in [-0.05, 0) is 5.92 Å². The van der Waals surface area contributed by atoms with Crippen LogP contribution in [0.5, 0.6) is 0 Å². The lowest BCUT2D eigenvalue weighted by atomic mass is 10.2. The van der Waals surface area contributed by atoms with Crippen molar-refractivity contribution < 1.29 is 4.74 Å². The van der Waals surface area contributed by atoms with E-state index in [0.29, 0.717) is 5.92 Å². The Labute approximate surface area is 56.9 Å². The standard InChI is InChI=1S/C7H15NO/c1-7(2)6-9-5-4-8-3/h4-5,7-8H,6H2,1-3H3. The lowest BCUT2D eigenvalue weighted by Gasteiger charge is -2.01. The van der Waals surface area contributed by atoms with Gasteiger partial charge in [0.1, 0.15) is 0 Å². The molecule has 1 N–H and O–H groups in total. The first-order valence-electron chi connectivity index (χ1n) is 3.21. The number of hydrogen-bond donors (Lipinski definition) is 1. The van der Waals surface area contributed by atoms with E-state index in [-0.39, 0.29) is 0 Å². The molecule has 0 spiro atoms. The monoisotopic (exact) mass is 129 g/mol. The van der Waals surface area contributed by atoms with E-state index in [9.17, 15) is 0 Å². The Kier molecular flexibility index (Phi) is 5.07. The van der Waals surface area contributed by atoms with Crippen molar-refractivity contribution in [3.8, 4) is 0 Å². The topological polar surface area (TPSA) is 21.3 Å². The minimum absolute atomic E-state index is 0.603. The summed E-state index contributed by atoms with van der Waals surface area (Å²) in [6.07, 6.45) is 3.43. The van der Waals surface area contributed by atoms with Gasteiger partial charge >= 0.3 is 0 Å². The van der Waals surface area contributed by atoms with Gasteiger partial charge in [0.2, 0.25) is 0 Å². The molecule has 0 aromatic rings. The van der Waals surface area contributed by atoms with Gasteiger partial charge in [0, 0.05) is 13.2 Å². The summed E-state index contributed by atoms with van der Waals surface area (Å²) in [6.45, 7) is 5.03. The zero-order chi connectivity index (χ0) is 7.11. The zero-order valence-electron chi connectivity index (χ0n) is 6.35. The van der Waals surface area contributed by atoms with Crippen molar-refractivity contribution in [3.05, 3.63) is 12.5 Å². The molecule has 0 aromatic heterocycles. The molecule has 2 heteroatoms. The van der Waals surface area contributed by atoms with Crippen LogP contribution in [-0.4, -0.2) is 13.7 Å². The predicted octanol–water partition coefficient (Wildman–Crippen LogP) is 1.35. The van der Waals surface area contributed by atoms with Crippen LogP contribution < -0.4 is 5.32 Å². The van der Waals surface area contributed by atoms with E-state index in [1.807, 2.05) is 7.05 Å². The van der Waals surface area contributed by atoms with Crippen molar-refractivity contribution in [3.63, 3.8) is 0 Å². The van der Waals surface area contributed by atoms with Crippen LogP contribution in [0.1, 0.15) is 13.8 Å². The van der Waals surface area contributed by atoms with Gasteiger partial charge in [-0.25, -0.2) is 0 Å². The molecule has 0 bridgehead atoms. The van der Waals surface area contributed by atoms with Crippen molar-refractivity contribution in [2.45, 2.75) is 13.8 Å². The molecule has 0 aliphatic rings. The molecule has 0 aliphatic heterocycles. The van der Waals surface area contributed by atoms with Gasteiger partial charge in [0.25, 0.3) is 0 Å². The summed E-state index contributed by atoms with van der Waals surface area (Å²) in [7, 11) is 1.84. The van der Waals surface area contributed by atoms with Gasteiger partial charge in [-0.3, -0.25) is 0 Å². The Balaban J connectivity index is 2.99. The molecule has 0 atom stereocenters. The molecule has 0 aromatic carbocycles. The van der Waals surface area contributed by atoms with E-state index < -0.39 is 0 Å². The van der Waals surface area contributed by atoms with Crippen LogP contribution in [0.3, 0.4) is 0 Å². The molecule has 0 unspecified atom stereocenters. The van der Waals surface area contributed by atoms with Crippen LogP contribution in [0.4, 0.5) is 0 Å². The SMILES string of the molecule is CNC=COCC(C)C. The molecule has 54 valence electrons. The molecule has 0 amide bonds. The maximum Gasteiger partial charge on any atom is 0.0985 e. The highest BCUT2D eigenvalue weighted by Gasteiger charge is 1.88. The van der Waals surface area contributed by atoms with E-state index in [2.05, 4.69) is 19.2 Å². The molecule has 2 nitrogen and oxygen atoms in total. The zero-order valence-corrected chi connectivity index (χ0v) is 6.35. The highest BCUT2D eigenvalue weighted by molar-refractivity contribution is 4.67. The molecule has 9 heavy (non-hydrogen) atoms. The fourth-order valence-electron chi connectivity index (χ4n) is 0.364. The highest BCUT2D eigenvalue weighted by Crippen LogP contribution is 1.91. The molecule has 0 rings (SSSR count). The maximum atomic E-state index is 5.09. The largest absolute Gasteiger partial charge is 0.499 e. The van der Waals surface area contributed by atoms with Gasteiger partial charge in [0.05, 0.1) is 12.9 Å². The van der Waals surface area contributed by atoms with E-state index in [1.165, 1.54) is 0 Å². The highest BCUT2D eigenvalue weighted by atomic mass is 16.5. The number of ether oxygens (including phenoxy) is 1. The van der Waals surface area contributed by atoms with Gasteiger partial charge in [-0.15, -0.1) is 0 Å². The van der Waals surface area contributed by atoms with E-state index in [0.717, 1.165) is 6.61 Å². The quantitative estimate of drug-likeness (QED) is 0.578. The molecular weight excluding hydrogens is 114 g/mol. The summed E-state index contributed by atoms with van der Waals surface area (Å²) in [5.41, 5.74) is 0. The summed E-state index contributed by atoms with van der Waals surface area (Å²) in [6, 6.07) is 0. The lowest BCUT2D eigenvalue weighted by Crippen LogP contribution is -1.98. The van der Waals surface area contributed by atoms with E-state index >= 15 is 0 Å². The third kappa shape index (κ3) is 7.34. The first-order valence-corrected chi connectivity index (χ1v) is 3.21. The van der Waals surface area contributed by atoms with Crippen molar-refractivity contribution in [1.29, 1.82) is 0 Å². The molecule has 0 saturated carbocycles.